The average molecular weight is 338 g/mol. The first-order chi connectivity index (χ1) is 11.5. The number of ketones is 1. The third-order valence-corrected chi connectivity index (χ3v) is 4.91. The van der Waals surface area contributed by atoms with Gasteiger partial charge in [0.15, 0.2) is 5.78 Å². The molecule has 0 atom stereocenters. The molecule has 0 aliphatic rings. The van der Waals surface area contributed by atoms with E-state index in [0.29, 0.717) is 16.1 Å². The number of nitrogens with two attached hydrogens (primary N) is 1. The van der Waals surface area contributed by atoms with Crippen LogP contribution in [0.3, 0.4) is 0 Å². The van der Waals surface area contributed by atoms with E-state index in [4.69, 9.17) is 5.73 Å². The molecule has 6 heteroatoms. The number of non-ortho nitro benzene ring substituents is 1. The van der Waals surface area contributed by atoms with Gasteiger partial charge in [0.05, 0.1) is 4.92 Å². The first kappa shape index (κ1) is 16.0. The standard InChI is InChI=1S/C18H14N2O3S/c1-11(21)15-10-13(20(22)23)7-9-17(15)24-18-14-5-3-2-4-12(14)6-8-16(18)19/h2-10H,19H2,1H3. The van der Waals surface area contributed by atoms with Crippen LogP contribution in [0.25, 0.3) is 10.8 Å². The Morgan fingerprint density at radius 3 is 2.58 bits per heavy atom. The van der Waals surface area contributed by atoms with Crippen LogP contribution >= 0.6 is 11.8 Å². The summed E-state index contributed by atoms with van der Waals surface area (Å²) in [6, 6.07) is 15.9. The Hall–Kier alpha value is -2.86. The topological polar surface area (TPSA) is 86.2 Å². The number of fused-ring (bicyclic) bond motifs is 1. The van der Waals surface area contributed by atoms with Crippen LogP contribution in [0, 0.1) is 10.1 Å². The minimum absolute atomic E-state index is 0.101. The van der Waals surface area contributed by atoms with Crippen LogP contribution in [0.5, 0.6) is 0 Å². The van der Waals surface area contributed by atoms with Crippen molar-refractivity contribution in [2.45, 2.75) is 16.7 Å². The molecule has 0 heterocycles. The highest BCUT2D eigenvalue weighted by Crippen LogP contribution is 2.40. The van der Waals surface area contributed by atoms with Crippen molar-refractivity contribution in [2.75, 3.05) is 5.73 Å². The van der Waals surface area contributed by atoms with E-state index in [2.05, 4.69) is 0 Å². The summed E-state index contributed by atoms with van der Waals surface area (Å²) in [6.45, 7) is 1.40. The molecule has 0 saturated heterocycles. The molecule has 24 heavy (non-hydrogen) atoms. The smallest absolute Gasteiger partial charge is 0.270 e. The monoisotopic (exact) mass is 338 g/mol. The van der Waals surface area contributed by atoms with Gasteiger partial charge in [0.1, 0.15) is 0 Å². The van der Waals surface area contributed by atoms with E-state index in [1.807, 2.05) is 36.4 Å². The maximum atomic E-state index is 11.9. The van der Waals surface area contributed by atoms with Crippen LogP contribution in [-0.4, -0.2) is 10.7 Å². The molecule has 120 valence electrons. The van der Waals surface area contributed by atoms with Crippen LogP contribution < -0.4 is 5.73 Å². The number of nitrogen functional groups attached to an aromatic ring is 1. The summed E-state index contributed by atoms with van der Waals surface area (Å²) in [4.78, 5) is 23.8. The van der Waals surface area contributed by atoms with E-state index in [0.717, 1.165) is 15.7 Å². The molecule has 3 aromatic rings. The van der Waals surface area contributed by atoms with Crippen LogP contribution in [0.4, 0.5) is 11.4 Å². The van der Waals surface area contributed by atoms with E-state index in [-0.39, 0.29) is 11.5 Å². The lowest BCUT2D eigenvalue weighted by atomic mass is 10.1. The zero-order chi connectivity index (χ0) is 17.3. The number of nitro benzene ring substituents is 1. The Bertz CT molecular complexity index is 970. The zero-order valence-electron chi connectivity index (χ0n) is 12.9. The first-order valence-electron chi connectivity index (χ1n) is 7.22. The number of carbonyl (C=O) groups excluding carboxylic acids is 1. The fourth-order valence-corrected chi connectivity index (χ4v) is 3.63. The molecule has 0 fully saturated rings. The molecular formula is C18H14N2O3S. The third-order valence-electron chi connectivity index (χ3n) is 3.68. The van der Waals surface area contributed by atoms with Gasteiger partial charge in [0.25, 0.3) is 5.69 Å². The summed E-state index contributed by atoms with van der Waals surface area (Å²) in [5.41, 5.74) is 6.95. The molecule has 0 aliphatic carbocycles. The Kier molecular flexibility index (Phi) is 4.22. The second-order valence-corrected chi connectivity index (χ2v) is 6.35. The highest BCUT2D eigenvalue weighted by Gasteiger charge is 2.16. The Balaban J connectivity index is 2.14. The van der Waals surface area contributed by atoms with Crippen molar-refractivity contribution in [1.29, 1.82) is 0 Å². The number of nitro groups is 1. The van der Waals surface area contributed by atoms with Crippen LogP contribution in [0.1, 0.15) is 17.3 Å². The normalized spacial score (nSPS) is 10.7. The average Bonchev–Trinajstić information content (AvgIpc) is 2.57. The molecule has 0 aromatic heterocycles. The largest absolute Gasteiger partial charge is 0.398 e. The number of hydrogen-bond donors (Lipinski definition) is 1. The fourth-order valence-electron chi connectivity index (χ4n) is 2.48. The molecular weight excluding hydrogens is 324 g/mol. The lowest BCUT2D eigenvalue weighted by Crippen LogP contribution is -1.98. The van der Waals surface area contributed by atoms with Gasteiger partial charge in [-0.2, -0.15) is 0 Å². The number of hydrogen-bond acceptors (Lipinski definition) is 5. The van der Waals surface area contributed by atoms with Gasteiger partial charge in [-0.15, -0.1) is 0 Å². The van der Waals surface area contributed by atoms with Crippen molar-refractivity contribution >= 4 is 39.7 Å². The first-order valence-corrected chi connectivity index (χ1v) is 8.03. The Morgan fingerprint density at radius 1 is 1.12 bits per heavy atom. The minimum atomic E-state index is -0.507. The van der Waals surface area contributed by atoms with Gasteiger partial charge in [0.2, 0.25) is 0 Å². The van der Waals surface area contributed by atoms with Gasteiger partial charge in [-0.05, 0) is 29.8 Å². The molecule has 0 radical (unpaired) electrons. The zero-order valence-corrected chi connectivity index (χ0v) is 13.7. The highest BCUT2D eigenvalue weighted by molar-refractivity contribution is 7.99. The van der Waals surface area contributed by atoms with E-state index in [1.165, 1.54) is 30.8 Å². The molecule has 0 aliphatic heterocycles. The number of anilines is 1. The van der Waals surface area contributed by atoms with E-state index in [9.17, 15) is 14.9 Å². The molecule has 0 spiro atoms. The third kappa shape index (κ3) is 2.96. The molecule has 3 rings (SSSR count). The predicted octanol–water partition coefficient (Wildman–Crippen LogP) is 4.68. The van der Waals surface area contributed by atoms with Crippen molar-refractivity contribution in [3.63, 3.8) is 0 Å². The summed E-state index contributed by atoms with van der Waals surface area (Å²) in [5, 5.41) is 13.0. The van der Waals surface area contributed by atoms with Gasteiger partial charge >= 0.3 is 0 Å². The lowest BCUT2D eigenvalue weighted by Gasteiger charge is -2.12. The van der Waals surface area contributed by atoms with Crippen molar-refractivity contribution in [2.24, 2.45) is 0 Å². The Labute approximate surface area is 142 Å². The highest BCUT2D eigenvalue weighted by atomic mass is 32.2. The van der Waals surface area contributed by atoms with Crippen molar-refractivity contribution in [3.8, 4) is 0 Å². The van der Waals surface area contributed by atoms with E-state index >= 15 is 0 Å². The number of carbonyl (C=O) groups is 1. The molecule has 0 saturated carbocycles. The molecule has 2 N–H and O–H groups in total. The number of Topliss-reactive ketones (excluding diaryl/α,β-unsaturated/α-hetero) is 1. The second-order valence-electron chi connectivity index (χ2n) is 5.30. The van der Waals surface area contributed by atoms with Gasteiger partial charge in [-0.25, -0.2) is 0 Å². The summed E-state index contributed by atoms with van der Waals surface area (Å²) in [7, 11) is 0. The van der Waals surface area contributed by atoms with Gasteiger partial charge in [-0.3, -0.25) is 14.9 Å². The van der Waals surface area contributed by atoms with Gasteiger partial charge in [0, 0.05) is 33.2 Å². The molecule has 0 bridgehead atoms. The van der Waals surface area contributed by atoms with Gasteiger partial charge < -0.3 is 5.73 Å². The minimum Gasteiger partial charge on any atom is -0.398 e. The Morgan fingerprint density at radius 2 is 1.88 bits per heavy atom. The summed E-state index contributed by atoms with van der Waals surface area (Å²) in [6.07, 6.45) is 0. The molecule has 0 unspecified atom stereocenters. The van der Waals surface area contributed by atoms with Gasteiger partial charge in [-0.1, -0.05) is 42.1 Å². The van der Waals surface area contributed by atoms with E-state index in [1.54, 1.807) is 6.07 Å². The number of nitrogens with zero attached hydrogens (tertiary/aromatic N) is 1. The van der Waals surface area contributed by atoms with Crippen molar-refractivity contribution < 1.29 is 9.72 Å². The molecule has 5 nitrogen and oxygen atoms in total. The quantitative estimate of drug-likeness (QED) is 0.323. The lowest BCUT2D eigenvalue weighted by molar-refractivity contribution is -0.384. The SMILES string of the molecule is CC(=O)c1cc([N+](=O)[O-])ccc1Sc1c(N)ccc2ccccc12. The summed E-state index contributed by atoms with van der Waals surface area (Å²) >= 11 is 1.35. The van der Waals surface area contributed by atoms with E-state index < -0.39 is 4.92 Å². The molecule has 0 amide bonds. The van der Waals surface area contributed by atoms with Crippen LogP contribution in [0.2, 0.25) is 0 Å². The second kappa shape index (κ2) is 6.33. The summed E-state index contributed by atoms with van der Waals surface area (Å²) < 4.78 is 0. The number of benzene rings is 3. The van der Waals surface area contributed by atoms with Crippen LogP contribution in [0.15, 0.2) is 64.4 Å². The van der Waals surface area contributed by atoms with Crippen molar-refractivity contribution in [1.82, 2.24) is 0 Å². The van der Waals surface area contributed by atoms with Crippen LogP contribution in [-0.2, 0) is 0 Å². The maximum Gasteiger partial charge on any atom is 0.270 e. The predicted molar refractivity (Wildman–Crippen MR) is 95.6 cm³/mol. The fraction of sp³-hybridized carbons (Fsp3) is 0.0556. The molecule has 3 aromatic carbocycles. The van der Waals surface area contributed by atoms with Crippen molar-refractivity contribution in [3.05, 3.63) is 70.3 Å². The summed E-state index contributed by atoms with van der Waals surface area (Å²) in [5.74, 6) is -0.222. The maximum absolute atomic E-state index is 11.9. The number of rotatable bonds is 4.